The van der Waals surface area contributed by atoms with Gasteiger partial charge in [-0.1, -0.05) is 24.3 Å². The highest BCUT2D eigenvalue weighted by Gasteiger charge is 2.27. The van der Waals surface area contributed by atoms with Gasteiger partial charge >= 0.3 is 0 Å². The highest BCUT2D eigenvalue weighted by atomic mass is 16.2. The summed E-state index contributed by atoms with van der Waals surface area (Å²) in [6.45, 7) is 7.91. The van der Waals surface area contributed by atoms with E-state index in [0.717, 1.165) is 31.9 Å². The van der Waals surface area contributed by atoms with Crippen molar-refractivity contribution >= 4 is 11.6 Å². The van der Waals surface area contributed by atoms with Crippen molar-refractivity contribution in [3.63, 3.8) is 0 Å². The van der Waals surface area contributed by atoms with Crippen LogP contribution in [0.25, 0.3) is 0 Å². The lowest BCUT2D eigenvalue weighted by Gasteiger charge is -2.40. The monoisotopic (exact) mass is 338 g/mol. The first-order valence-corrected chi connectivity index (χ1v) is 8.89. The van der Waals surface area contributed by atoms with Crippen molar-refractivity contribution in [1.82, 2.24) is 14.8 Å². The number of piperazine rings is 1. The van der Waals surface area contributed by atoms with E-state index in [1.807, 2.05) is 49.5 Å². The molecule has 2 heterocycles. The number of anilines is 1. The van der Waals surface area contributed by atoms with Gasteiger partial charge in [-0.3, -0.25) is 19.6 Å². The standard InChI is InChI=1S/C20H26N4O/c1-16(18-7-6-10-21-15-18)23-11-13-24(14-12-23)17(2)20(25)22-19-8-4-3-5-9-19/h3-10,15-17H,11-14H2,1-2H3,(H,22,25)/t16-,17+/m1/s1. The quantitative estimate of drug-likeness (QED) is 0.911. The zero-order valence-electron chi connectivity index (χ0n) is 14.9. The Morgan fingerprint density at radius 2 is 1.68 bits per heavy atom. The van der Waals surface area contributed by atoms with Crippen LogP contribution in [0.1, 0.15) is 25.5 Å². The van der Waals surface area contributed by atoms with Crippen LogP contribution in [-0.2, 0) is 4.79 Å². The summed E-state index contributed by atoms with van der Waals surface area (Å²) in [5.41, 5.74) is 2.09. The Hall–Kier alpha value is -2.24. The number of benzene rings is 1. The fourth-order valence-electron chi connectivity index (χ4n) is 3.28. The number of rotatable bonds is 5. The van der Waals surface area contributed by atoms with Crippen molar-refractivity contribution in [1.29, 1.82) is 0 Å². The maximum absolute atomic E-state index is 12.5. The predicted molar refractivity (Wildman–Crippen MR) is 100 cm³/mol. The van der Waals surface area contributed by atoms with Crippen molar-refractivity contribution in [3.8, 4) is 0 Å². The molecule has 2 aromatic rings. The third kappa shape index (κ3) is 4.44. The van der Waals surface area contributed by atoms with E-state index < -0.39 is 0 Å². The van der Waals surface area contributed by atoms with Gasteiger partial charge in [0.2, 0.25) is 5.91 Å². The molecule has 0 spiro atoms. The zero-order chi connectivity index (χ0) is 17.6. The number of aromatic nitrogens is 1. The maximum Gasteiger partial charge on any atom is 0.241 e. The van der Waals surface area contributed by atoms with Crippen LogP contribution in [0.5, 0.6) is 0 Å². The van der Waals surface area contributed by atoms with Crippen molar-refractivity contribution in [2.45, 2.75) is 25.9 Å². The largest absolute Gasteiger partial charge is 0.325 e. The molecule has 1 aliphatic heterocycles. The Kier molecular flexibility index (Phi) is 5.79. The van der Waals surface area contributed by atoms with Gasteiger partial charge in [-0.25, -0.2) is 0 Å². The summed E-state index contributed by atoms with van der Waals surface area (Å²) in [6, 6.07) is 14.0. The molecule has 5 nitrogen and oxygen atoms in total. The highest BCUT2D eigenvalue weighted by Crippen LogP contribution is 2.21. The molecule has 25 heavy (non-hydrogen) atoms. The number of nitrogens with zero attached hydrogens (tertiary/aromatic N) is 3. The average molecular weight is 338 g/mol. The van der Waals surface area contributed by atoms with Crippen molar-refractivity contribution in [2.24, 2.45) is 0 Å². The summed E-state index contributed by atoms with van der Waals surface area (Å²) in [5.74, 6) is 0.0555. The number of amides is 1. The molecule has 0 unspecified atom stereocenters. The van der Waals surface area contributed by atoms with Crippen LogP contribution in [0.15, 0.2) is 54.9 Å². The van der Waals surface area contributed by atoms with E-state index in [-0.39, 0.29) is 11.9 Å². The Balaban J connectivity index is 1.52. The molecule has 2 atom stereocenters. The van der Waals surface area contributed by atoms with Crippen LogP contribution >= 0.6 is 0 Å². The summed E-state index contributed by atoms with van der Waals surface area (Å²) >= 11 is 0. The molecule has 0 bridgehead atoms. The number of hydrogen-bond donors (Lipinski definition) is 1. The molecule has 1 aromatic carbocycles. The van der Waals surface area contributed by atoms with E-state index in [0.29, 0.717) is 6.04 Å². The number of para-hydroxylation sites is 1. The van der Waals surface area contributed by atoms with E-state index in [1.165, 1.54) is 5.56 Å². The first-order valence-electron chi connectivity index (χ1n) is 8.89. The summed E-state index contributed by atoms with van der Waals surface area (Å²) in [5, 5.41) is 3.00. The maximum atomic E-state index is 12.5. The fraction of sp³-hybridized carbons (Fsp3) is 0.400. The molecule has 132 valence electrons. The molecule has 1 saturated heterocycles. The molecule has 1 aromatic heterocycles. The van der Waals surface area contributed by atoms with E-state index in [4.69, 9.17) is 0 Å². The minimum atomic E-state index is -0.129. The van der Waals surface area contributed by atoms with Gasteiger partial charge in [0.1, 0.15) is 0 Å². The molecule has 3 rings (SSSR count). The molecule has 0 saturated carbocycles. The number of pyridine rings is 1. The second-order valence-electron chi connectivity index (χ2n) is 6.57. The number of hydrogen-bond acceptors (Lipinski definition) is 4. The van der Waals surface area contributed by atoms with Crippen LogP contribution in [0.4, 0.5) is 5.69 Å². The number of carbonyl (C=O) groups is 1. The third-order valence-corrected chi connectivity index (χ3v) is 5.03. The summed E-state index contributed by atoms with van der Waals surface area (Å²) in [6.07, 6.45) is 3.74. The second-order valence-corrected chi connectivity index (χ2v) is 6.57. The third-order valence-electron chi connectivity index (χ3n) is 5.03. The van der Waals surface area contributed by atoms with Crippen LogP contribution in [0, 0.1) is 0 Å². The van der Waals surface area contributed by atoms with Gasteiger partial charge in [-0.2, -0.15) is 0 Å². The molecule has 1 fully saturated rings. The van der Waals surface area contributed by atoms with E-state index >= 15 is 0 Å². The molecule has 0 radical (unpaired) electrons. The zero-order valence-corrected chi connectivity index (χ0v) is 14.9. The smallest absolute Gasteiger partial charge is 0.241 e. The predicted octanol–water partition coefficient (Wildman–Crippen LogP) is 2.79. The molecule has 1 amide bonds. The van der Waals surface area contributed by atoms with Gasteiger partial charge in [0.25, 0.3) is 0 Å². The van der Waals surface area contributed by atoms with Crippen LogP contribution in [-0.4, -0.2) is 52.9 Å². The lowest BCUT2D eigenvalue weighted by atomic mass is 10.1. The summed E-state index contributed by atoms with van der Waals surface area (Å²) in [4.78, 5) is 21.4. The molecule has 0 aliphatic carbocycles. The Bertz CT molecular complexity index is 669. The molecular weight excluding hydrogens is 312 g/mol. The highest BCUT2D eigenvalue weighted by molar-refractivity contribution is 5.94. The van der Waals surface area contributed by atoms with Crippen molar-refractivity contribution < 1.29 is 4.79 Å². The molecule has 5 heteroatoms. The van der Waals surface area contributed by atoms with Gasteiger partial charge in [0.15, 0.2) is 0 Å². The topological polar surface area (TPSA) is 48.5 Å². The van der Waals surface area contributed by atoms with Gasteiger partial charge in [-0.05, 0) is 37.6 Å². The average Bonchev–Trinajstić information content (AvgIpc) is 2.68. The second kappa shape index (κ2) is 8.23. The fourth-order valence-corrected chi connectivity index (χ4v) is 3.28. The van der Waals surface area contributed by atoms with Crippen LogP contribution in [0.2, 0.25) is 0 Å². The van der Waals surface area contributed by atoms with E-state index in [1.54, 1.807) is 6.20 Å². The Morgan fingerprint density at radius 3 is 2.32 bits per heavy atom. The van der Waals surface area contributed by atoms with Crippen LogP contribution < -0.4 is 5.32 Å². The van der Waals surface area contributed by atoms with Crippen molar-refractivity contribution in [2.75, 3.05) is 31.5 Å². The first-order chi connectivity index (χ1) is 12.1. The van der Waals surface area contributed by atoms with E-state index in [2.05, 4.69) is 33.1 Å². The van der Waals surface area contributed by atoms with Gasteiger partial charge in [-0.15, -0.1) is 0 Å². The van der Waals surface area contributed by atoms with Crippen molar-refractivity contribution in [3.05, 3.63) is 60.4 Å². The van der Waals surface area contributed by atoms with Gasteiger partial charge < -0.3 is 5.32 Å². The lowest BCUT2D eigenvalue weighted by molar-refractivity contribution is -0.121. The lowest BCUT2D eigenvalue weighted by Crippen LogP contribution is -2.53. The molecule has 1 aliphatic rings. The SMILES string of the molecule is C[C@H](c1cccnc1)N1CCN([C@@H](C)C(=O)Nc2ccccc2)CC1. The molecular formula is C20H26N4O. The van der Waals surface area contributed by atoms with Gasteiger partial charge in [0.05, 0.1) is 6.04 Å². The Labute approximate surface area is 149 Å². The number of carbonyl (C=O) groups excluding carboxylic acids is 1. The minimum absolute atomic E-state index is 0.0555. The minimum Gasteiger partial charge on any atom is -0.325 e. The van der Waals surface area contributed by atoms with E-state index in [9.17, 15) is 4.79 Å². The Morgan fingerprint density at radius 1 is 1.00 bits per heavy atom. The summed E-state index contributed by atoms with van der Waals surface area (Å²) in [7, 11) is 0. The summed E-state index contributed by atoms with van der Waals surface area (Å²) < 4.78 is 0. The molecule has 1 N–H and O–H groups in total. The number of nitrogens with one attached hydrogen (secondary N) is 1. The van der Waals surface area contributed by atoms with Crippen LogP contribution in [0.3, 0.4) is 0 Å². The normalized spacial score (nSPS) is 18.5. The first kappa shape index (κ1) is 17.6. The van der Waals surface area contributed by atoms with Gasteiger partial charge in [0, 0.05) is 50.3 Å².